The quantitative estimate of drug-likeness (QED) is 0.438. The van der Waals surface area contributed by atoms with Gasteiger partial charge in [0.2, 0.25) is 10.0 Å². The van der Waals surface area contributed by atoms with Gasteiger partial charge in [-0.3, -0.25) is 4.79 Å². The molecule has 0 aromatic heterocycles. The van der Waals surface area contributed by atoms with E-state index in [0.29, 0.717) is 12.7 Å². The van der Waals surface area contributed by atoms with E-state index < -0.39 is 33.8 Å². The minimum atomic E-state index is -4.58. The van der Waals surface area contributed by atoms with Crippen LogP contribution in [0.5, 0.6) is 0 Å². The van der Waals surface area contributed by atoms with E-state index in [1.54, 1.807) is 0 Å². The first-order valence-electron chi connectivity index (χ1n) is 9.86. The Kier molecular flexibility index (Phi) is 5.98. The van der Waals surface area contributed by atoms with Crippen LogP contribution in [0.15, 0.2) is 69.7 Å². The average Bonchev–Trinajstić information content (AvgIpc) is 2.72. The molecule has 2 aromatic rings. The van der Waals surface area contributed by atoms with E-state index in [2.05, 4.69) is 15.9 Å². The summed E-state index contributed by atoms with van der Waals surface area (Å²) in [6.07, 6.45) is -3.38. The van der Waals surface area contributed by atoms with Gasteiger partial charge in [0.05, 0.1) is 22.8 Å². The van der Waals surface area contributed by atoms with Crippen LogP contribution in [0, 0.1) is 0 Å². The third-order valence-electron chi connectivity index (χ3n) is 6.05. The summed E-state index contributed by atoms with van der Waals surface area (Å²) in [4.78, 5) is 12.2. The first-order valence-corrected chi connectivity index (χ1v) is 12.1. The molecule has 0 amide bonds. The molecule has 0 radical (unpaired) electrons. The van der Waals surface area contributed by atoms with E-state index in [1.165, 1.54) is 4.31 Å². The van der Waals surface area contributed by atoms with Crippen LogP contribution in [-0.4, -0.2) is 35.7 Å². The third-order valence-corrected chi connectivity index (χ3v) is 8.52. The monoisotopic (exact) mass is 529 g/mol. The van der Waals surface area contributed by atoms with Gasteiger partial charge in [0.25, 0.3) is 0 Å². The SMILES string of the molecule is O=C1CC2CC(c3cccc(Br)c3)CC(C1=CO)N2S(=O)(=O)c1ccc(C(F)(F)F)cc1. The van der Waals surface area contributed by atoms with Gasteiger partial charge in [-0.05, 0) is 60.7 Å². The Bertz CT molecular complexity index is 1180. The van der Waals surface area contributed by atoms with E-state index >= 15 is 0 Å². The maximum atomic E-state index is 13.4. The highest BCUT2D eigenvalue weighted by molar-refractivity contribution is 9.10. The molecule has 1 N–H and O–H groups in total. The molecule has 4 rings (SSSR count). The number of fused-ring (bicyclic) bond motifs is 2. The van der Waals surface area contributed by atoms with Gasteiger partial charge >= 0.3 is 6.18 Å². The van der Waals surface area contributed by atoms with Gasteiger partial charge < -0.3 is 5.11 Å². The summed E-state index contributed by atoms with van der Waals surface area (Å²) < 4.78 is 67.6. The second-order valence-corrected chi connectivity index (χ2v) is 10.7. The number of alkyl halides is 3. The van der Waals surface area contributed by atoms with Crippen LogP contribution >= 0.6 is 15.9 Å². The highest BCUT2D eigenvalue weighted by atomic mass is 79.9. The lowest BCUT2D eigenvalue weighted by atomic mass is 9.75. The Balaban J connectivity index is 1.73. The number of Topliss-reactive ketones (excluding diaryl/α,β-unsaturated/α-hetero) is 1. The fourth-order valence-corrected chi connectivity index (χ4v) is 6.83. The maximum absolute atomic E-state index is 13.4. The van der Waals surface area contributed by atoms with Crippen LogP contribution in [0.1, 0.15) is 36.3 Å². The average molecular weight is 530 g/mol. The molecule has 5 nitrogen and oxygen atoms in total. The number of halogens is 4. The number of nitrogens with zero attached hydrogens (tertiary/aromatic N) is 1. The molecule has 2 saturated heterocycles. The fourth-order valence-electron chi connectivity index (χ4n) is 4.60. The lowest BCUT2D eigenvalue weighted by molar-refractivity contribution is -0.137. The number of rotatable bonds is 3. The van der Waals surface area contributed by atoms with Crippen molar-refractivity contribution in [2.75, 3.05) is 0 Å². The Hall–Kier alpha value is -2.17. The van der Waals surface area contributed by atoms with E-state index in [1.807, 2.05) is 24.3 Å². The Labute approximate surface area is 191 Å². The van der Waals surface area contributed by atoms with E-state index in [0.717, 1.165) is 34.3 Å². The molecule has 2 bridgehead atoms. The molecule has 2 aliphatic heterocycles. The number of piperidine rings is 2. The molecule has 0 aliphatic carbocycles. The lowest BCUT2D eigenvalue weighted by Gasteiger charge is -2.47. The van der Waals surface area contributed by atoms with Crippen molar-refractivity contribution in [1.29, 1.82) is 0 Å². The van der Waals surface area contributed by atoms with Crippen molar-refractivity contribution in [3.05, 3.63) is 76.0 Å². The van der Waals surface area contributed by atoms with Gasteiger partial charge in [0, 0.05) is 22.5 Å². The van der Waals surface area contributed by atoms with Crippen molar-refractivity contribution in [3.8, 4) is 0 Å². The summed E-state index contributed by atoms with van der Waals surface area (Å²) in [7, 11) is -4.21. The zero-order valence-corrected chi connectivity index (χ0v) is 19.0. The minimum absolute atomic E-state index is 0.00330. The van der Waals surface area contributed by atoms with E-state index in [-0.39, 0.29) is 35.0 Å². The summed E-state index contributed by atoms with van der Waals surface area (Å²) in [6, 6.07) is 9.34. The van der Waals surface area contributed by atoms with Crippen LogP contribution in [0.4, 0.5) is 13.2 Å². The van der Waals surface area contributed by atoms with Gasteiger partial charge in [-0.15, -0.1) is 0 Å². The lowest BCUT2D eigenvalue weighted by Crippen LogP contribution is -2.57. The maximum Gasteiger partial charge on any atom is 0.416 e. The standard InChI is InChI=1S/C22H19BrF3NO4S/c23-16-3-1-2-13(8-16)14-9-17-11-21(29)19(12-28)20(10-14)27(17)32(30,31)18-6-4-15(5-7-18)22(24,25)26/h1-8,12,14,17,20,28H,9-11H2. The smallest absolute Gasteiger partial charge is 0.416 e. The normalized spacial score (nSPS) is 25.8. The zero-order chi connectivity index (χ0) is 23.3. The van der Waals surface area contributed by atoms with Gasteiger partial charge in [-0.1, -0.05) is 28.1 Å². The van der Waals surface area contributed by atoms with Crippen LogP contribution in [0.3, 0.4) is 0 Å². The highest BCUT2D eigenvalue weighted by Gasteiger charge is 2.50. The molecule has 170 valence electrons. The summed E-state index contributed by atoms with van der Waals surface area (Å²) in [5, 5.41) is 9.72. The Morgan fingerprint density at radius 2 is 1.78 bits per heavy atom. The number of ketones is 1. The second kappa shape index (κ2) is 8.31. The van der Waals surface area contributed by atoms with E-state index in [4.69, 9.17) is 0 Å². The number of carbonyl (C=O) groups is 1. The first-order chi connectivity index (χ1) is 15.0. The number of benzene rings is 2. The number of hydrogen-bond donors (Lipinski definition) is 1. The van der Waals surface area contributed by atoms with Crippen molar-refractivity contribution in [2.24, 2.45) is 0 Å². The van der Waals surface area contributed by atoms with Gasteiger partial charge in [0.1, 0.15) is 0 Å². The molecular formula is C22H19BrF3NO4S. The molecule has 10 heteroatoms. The molecule has 3 unspecified atom stereocenters. The zero-order valence-electron chi connectivity index (χ0n) is 16.6. The molecule has 2 aromatic carbocycles. The molecular weight excluding hydrogens is 511 g/mol. The van der Waals surface area contributed by atoms with Crippen LogP contribution < -0.4 is 0 Å². The number of aliphatic hydroxyl groups excluding tert-OH is 1. The van der Waals surface area contributed by atoms with Crippen molar-refractivity contribution in [2.45, 2.75) is 48.3 Å². The minimum Gasteiger partial charge on any atom is -0.515 e. The Morgan fingerprint density at radius 3 is 2.38 bits per heavy atom. The molecule has 3 atom stereocenters. The summed E-state index contributed by atoms with van der Waals surface area (Å²) in [6.45, 7) is 0. The van der Waals surface area contributed by atoms with E-state index in [9.17, 15) is 31.5 Å². The summed E-state index contributed by atoms with van der Waals surface area (Å²) >= 11 is 3.43. The predicted octanol–water partition coefficient (Wildman–Crippen LogP) is 5.19. The number of sulfonamides is 1. The van der Waals surface area contributed by atoms with Crippen molar-refractivity contribution in [3.63, 3.8) is 0 Å². The topological polar surface area (TPSA) is 74.7 Å². The highest BCUT2D eigenvalue weighted by Crippen LogP contribution is 2.45. The largest absolute Gasteiger partial charge is 0.515 e. The molecule has 2 aliphatic rings. The number of hydrogen-bond acceptors (Lipinski definition) is 4. The molecule has 2 heterocycles. The van der Waals surface area contributed by atoms with Crippen LogP contribution in [0.2, 0.25) is 0 Å². The summed E-state index contributed by atoms with van der Waals surface area (Å²) in [5.74, 6) is -0.376. The van der Waals surface area contributed by atoms with Crippen molar-refractivity contribution >= 4 is 31.7 Å². The Morgan fingerprint density at radius 1 is 1.09 bits per heavy atom. The fraction of sp³-hybridized carbons (Fsp3) is 0.318. The molecule has 0 spiro atoms. The molecule has 0 saturated carbocycles. The first kappa shape index (κ1) is 23.0. The molecule has 32 heavy (non-hydrogen) atoms. The van der Waals surface area contributed by atoms with Crippen LogP contribution in [0.25, 0.3) is 0 Å². The predicted molar refractivity (Wildman–Crippen MR) is 114 cm³/mol. The van der Waals surface area contributed by atoms with Gasteiger partial charge in [-0.25, -0.2) is 8.42 Å². The van der Waals surface area contributed by atoms with Crippen LogP contribution in [-0.2, 0) is 21.0 Å². The van der Waals surface area contributed by atoms with Gasteiger partial charge in [-0.2, -0.15) is 17.5 Å². The second-order valence-electron chi connectivity index (χ2n) is 7.96. The number of carbonyl (C=O) groups excluding carboxylic acids is 1. The third kappa shape index (κ3) is 4.11. The van der Waals surface area contributed by atoms with Gasteiger partial charge in [0.15, 0.2) is 5.78 Å². The number of aliphatic hydroxyl groups is 1. The molecule has 2 fully saturated rings. The summed E-state index contributed by atoms with van der Waals surface area (Å²) in [5.41, 5.74) is 0.0279. The van der Waals surface area contributed by atoms with Crippen molar-refractivity contribution in [1.82, 2.24) is 4.31 Å². The van der Waals surface area contributed by atoms with Crippen molar-refractivity contribution < 1.29 is 31.5 Å².